The lowest BCUT2D eigenvalue weighted by Gasteiger charge is -2.33. The third-order valence-corrected chi connectivity index (χ3v) is 8.20. The van der Waals surface area contributed by atoms with Gasteiger partial charge >= 0.3 is 0 Å². The zero-order chi connectivity index (χ0) is 21.3. The van der Waals surface area contributed by atoms with E-state index in [1.165, 1.54) is 39.2 Å². The van der Waals surface area contributed by atoms with Crippen molar-refractivity contribution in [2.75, 3.05) is 31.1 Å². The second-order valence-corrected chi connectivity index (χ2v) is 10.4. The van der Waals surface area contributed by atoms with Gasteiger partial charge in [-0.1, -0.05) is 29.8 Å². The Balaban J connectivity index is 1.42. The molecule has 0 radical (unpaired) electrons. The van der Waals surface area contributed by atoms with E-state index < -0.39 is 15.8 Å². The summed E-state index contributed by atoms with van der Waals surface area (Å²) < 4.78 is 40.4. The summed E-state index contributed by atoms with van der Waals surface area (Å²) in [4.78, 5) is 6.90. The summed E-state index contributed by atoms with van der Waals surface area (Å²) in [6.45, 7) is 6.03. The molecule has 1 fully saturated rings. The number of thiazole rings is 1. The number of hydrogen-bond acceptors (Lipinski definition) is 5. The van der Waals surface area contributed by atoms with Crippen LogP contribution in [-0.4, -0.2) is 43.9 Å². The molecule has 2 heterocycles. The van der Waals surface area contributed by atoms with Crippen molar-refractivity contribution in [2.45, 2.75) is 25.2 Å². The van der Waals surface area contributed by atoms with Gasteiger partial charge in [0.2, 0.25) is 10.0 Å². The summed E-state index contributed by atoms with van der Waals surface area (Å²) in [7, 11) is -3.68. The van der Waals surface area contributed by atoms with Crippen molar-refractivity contribution in [2.24, 2.45) is 0 Å². The first kappa shape index (κ1) is 21.0. The van der Waals surface area contributed by atoms with Gasteiger partial charge in [-0.2, -0.15) is 4.31 Å². The van der Waals surface area contributed by atoms with Gasteiger partial charge in [0, 0.05) is 38.0 Å². The molecule has 1 aliphatic rings. The highest BCUT2D eigenvalue weighted by Crippen LogP contribution is 2.26. The SMILES string of the molecule is Cc1ccc(C)c(Cc2csc(N3CCN(S(=O)(=O)c4cccc(F)c4)CC3)n2)c1. The van der Waals surface area contributed by atoms with E-state index in [9.17, 15) is 12.8 Å². The molecular weight excluding hydrogens is 421 g/mol. The third kappa shape index (κ3) is 4.40. The maximum Gasteiger partial charge on any atom is 0.243 e. The number of nitrogens with zero attached hydrogens (tertiary/aromatic N) is 3. The van der Waals surface area contributed by atoms with Crippen LogP contribution in [0.25, 0.3) is 0 Å². The normalized spacial score (nSPS) is 15.5. The average Bonchev–Trinajstić information content (AvgIpc) is 3.19. The van der Waals surface area contributed by atoms with Crippen LogP contribution in [0.1, 0.15) is 22.4 Å². The number of rotatable bonds is 5. The minimum atomic E-state index is -3.68. The second kappa shape index (κ2) is 8.45. The lowest BCUT2D eigenvalue weighted by molar-refractivity contribution is 0.384. The van der Waals surface area contributed by atoms with Crippen LogP contribution in [0.3, 0.4) is 0 Å². The van der Waals surface area contributed by atoms with Gasteiger partial charge in [0.25, 0.3) is 0 Å². The first-order valence-electron chi connectivity index (χ1n) is 9.84. The van der Waals surface area contributed by atoms with E-state index in [2.05, 4.69) is 42.3 Å². The van der Waals surface area contributed by atoms with Crippen molar-refractivity contribution in [3.05, 3.63) is 76.0 Å². The van der Waals surface area contributed by atoms with Gasteiger partial charge in [0.05, 0.1) is 10.6 Å². The molecule has 1 aliphatic heterocycles. The maximum atomic E-state index is 13.5. The molecule has 3 aromatic rings. The monoisotopic (exact) mass is 445 g/mol. The topological polar surface area (TPSA) is 53.5 Å². The smallest absolute Gasteiger partial charge is 0.243 e. The molecule has 0 aliphatic carbocycles. The van der Waals surface area contributed by atoms with Crippen LogP contribution in [0, 0.1) is 19.7 Å². The molecule has 0 unspecified atom stereocenters. The van der Waals surface area contributed by atoms with Gasteiger partial charge in [0.15, 0.2) is 5.13 Å². The quantitative estimate of drug-likeness (QED) is 0.596. The molecule has 1 saturated heterocycles. The number of sulfonamides is 1. The van der Waals surface area contributed by atoms with Crippen molar-refractivity contribution < 1.29 is 12.8 Å². The van der Waals surface area contributed by atoms with Gasteiger partial charge < -0.3 is 4.90 Å². The Morgan fingerprint density at radius 1 is 1.07 bits per heavy atom. The van der Waals surface area contributed by atoms with Gasteiger partial charge in [-0.15, -0.1) is 11.3 Å². The summed E-state index contributed by atoms with van der Waals surface area (Å²) in [6, 6.07) is 11.6. The molecule has 0 bridgehead atoms. The van der Waals surface area contributed by atoms with Crippen molar-refractivity contribution in [1.82, 2.24) is 9.29 Å². The highest BCUT2D eigenvalue weighted by atomic mass is 32.2. The van der Waals surface area contributed by atoms with Gasteiger partial charge in [0.1, 0.15) is 5.82 Å². The van der Waals surface area contributed by atoms with Crippen LogP contribution >= 0.6 is 11.3 Å². The van der Waals surface area contributed by atoms with Crippen molar-refractivity contribution in [1.29, 1.82) is 0 Å². The molecule has 30 heavy (non-hydrogen) atoms. The minimum Gasteiger partial charge on any atom is -0.345 e. The van der Waals surface area contributed by atoms with Crippen LogP contribution < -0.4 is 4.90 Å². The average molecular weight is 446 g/mol. The highest BCUT2D eigenvalue weighted by Gasteiger charge is 2.29. The lowest BCUT2D eigenvalue weighted by atomic mass is 10.0. The Morgan fingerprint density at radius 2 is 1.83 bits per heavy atom. The van der Waals surface area contributed by atoms with E-state index in [0.29, 0.717) is 26.2 Å². The molecule has 0 spiro atoms. The number of benzene rings is 2. The number of halogens is 1. The second-order valence-electron chi connectivity index (χ2n) is 7.58. The van der Waals surface area contributed by atoms with Crippen molar-refractivity contribution in [3.63, 3.8) is 0 Å². The summed E-state index contributed by atoms with van der Waals surface area (Å²) in [5.74, 6) is -0.547. The molecule has 0 atom stereocenters. The minimum absolute atomic E-state index is 0.000934. The third-order valence-electron chi connectivity index (χ3n) is 5.36. The van der Waals surface area contributed by atoms with Gasteiger partial charge in [-0.05, 0) is 43.2 Å². The Hall–Kier alpha value is -2.29. The molecular formula is C22H24FN3O2S2. The fourth-order valence-electron chi connectivity index (χ4n) is 3.60. The van der Waals surface area contributed by atoms with Gasteiger partial charge in [-0.3, -0.25) is 0 Å². The van der Waals surface area contributed by atoms with E-state index in [-0.39, 0.29) is 4.90 Å². The largest absolute Gasteiger partial charge is 0.345 e. The molecule has 0 amide bonds. The number of aryl methyl sites for hydroxylation is 2. The van der Waals surface area contributed by atoms with Crippen LogP contribution in [-0.2, 0) is 16.4 Å². The Kier molecular flexibility index (Phi) is 5.90. The van der Waals surface area contributed by atoms with E-state index in [0.717, 1.165) is 23.3 Å². The van der Waals surface area contributed by atoms with Gasteiger partial charge in [-0.25, -0.2) is 17.8 Å². The van der Waals surface area contributed by atoms with Crippen LogP contribution in [0.15, 0.2) is 52.7 Å². The molecule has 158 valence electrons. The number of anilines is 1. The van der Waals surface area contributed by atoms with E-state index in [4.69, 9.17) is 4.98 Å². The Morgan fingerprint density at radius 3 is 2.57 bits per heavy atom. The summed E-state index contributed by atoms with van der Waals surface area (Å²) >= 11 is 1.59. The maximum absolute atomic E-state index is 13.5. The van der Waals surface area contributed by atoms with E-state index in [1.54, 1.807) is 11.3 Å². The lowest BCUT2D eigenvalue weighted by Crippen LogP contribution is -2.48. The fraction of sp³-hybridized carbons (Fsp3) is 0.318. The fourth-order valence-corrected chi connectivity index (χ4v) is 5.94. The Labute approximate surface area is 180 Å². The van der Waals surface area contributed by atoms with Crippen molar-refractivity contribution in [3.8, 4) is 0 Å². The zero-order valence-corrected chi connectivity index (χ0v) is 18.6. The van der Waals surface area contributed by atoms with Crippen LogP contribution in [0.4, 0.5) is 9.52 Å². The molecule has 4 rings (SSSR count). The van der Waals surface area contributed by atoms with Crippen LogP contribution in [0.5, 0.6) is 0 Å². The van der Waals surface area contributed by atoms with E-state index in [1.807, 2.05) is 0 Å². The number of hydrogen-bond donors (Lipinski definition) is 0. The first-order valence-corrected chi connectivity index (χ1v) is 12.2. The summed E-state index contributed by atoms with van der Waals surface area (Å²) in [6.07, 6.45) is 0.790. The molecule has 0 saturated carbocycles. The molecule has 0 N–H and O–H groups in total. The molecule has 1 aromatic heterocycles. The summed E-state index contributed by atoms with van der Waals surface area (Å²) in [5.41, 5.74) is 4.80. The molecule has 2 aromatic carbocycles. The number of piperazine rings is 1. The van der Waals surface area contributed by atoms with Crippen molar-refractivity contribution >= 4 is 26.5 Å². The first-order chi connectivity index (χ1) is 14.3. The molecule has 5 nitrogen and oxygen atoms in total. The standard InChI is InChI=1S/C22H24FN3O2S2/c1-16-6-7-17(2)18(12-16)13-20-15-29-22(24-20)25-8-10-26(11-9-25)30(27,28)21-5-3-4-19(23)14-21/h3-7,12,14-15H,8-11,13H2,1-2H3. The van der Waals surface area contributed by atoms with Crippen LogP contribution in [0.2, 0.25) is 0 Å². The predicted molar refractivity (Wildman–Crippen MR) is 118 cm³/mol. The van der Waals surface area contributed by atoms with E-state index >= 15 is 0 Å². The Bertz CT molecular complexity index is 1150. The summed E-state index contributed by atoms with van der Waals surface area (Å²) in [5, 5.41) is 2.99. The zero-order valence-electron chi connectivity index (χ0n) is 17.0. The highest BCUT2D eigenvalue weighted by molar-refractivity contribution is 7.89. The predicted octanol–water partition coefficient (Wildman–Crippen LogP) is 4.00. The molecule has 8 heteroatoms. The number of aromatic nitrogens is 1.